The first kappa shape index (κ1) is 20.4. The Hall–Kier alpha value is -1.56. The van der Waals surface area contributed by atoms with E-state index in [1.807, 2.05) is 13.8 Å². The highest BCUT2D eigenvalue weighted by Gasteiger charge is 2.36. The van der Waals surface area contributed by atoms with Gasteiger partial charge in [0.2, 0.25) is 0 Å². The summed E-state index contributed by atoms with van der Waals surface area (Å²) in [5, 5.41) is 0. The Labute approximate surface area is 138 Å². The summed E-state index contributed by atoms with van der Waals surface area (Å²) in [6, 6.07) is 8.59. The molecule has 1 aromatic rings. The van der Waals surface area contributed by atoms with E-state index in [1.165, 1.54) is 34.3 Å². The van der Waals surface area contributed by atoms with E-state index in [2.05, 4.69) is 84.5 Å². The van der Waals surface area contributed by atoms with Gasteiger partial charge in [0.1, 0.15) is 0 Å². The predicted molar refractivity (Wildman–Crippen MR) is 103 cm³/mol. The van der Waals surface area contributed by atoms with Crippen molar-refractivity contribution in [1.82, 2.24) is 0 Å². The van der Waals surface area contributed by atoms with Crippen LogP contribution in [-0.4, -0.2) is 0 Å². The Morgan fingerprint density at radius 1 is 1.14 bits per heavy atom. The normalized spacial score (nSPS) is 17.2. The average molecular weight is 299 g/mol. The SMILES string of the molecule is C=C1/C(=C\C(C)=C/C)C(C)(C)c2ccccc21.CC.CCC. The summed E-state index contributed by atoms with van der Waals surface area (Å²) in [7, 11) is 0. The molecule has 0 heteroatoms. The summed E-state index contributed by atoms with van der Waals surface area (Å²) in [4.78, 5) is 0. The van der Waals surface area contributed by atoms with Crippen molar-refractivity contribution in [2.75, 3.05) is 0 Å². The topological polar surface area (TPSA) is 0 Å². The van der Waals surface area contributed by atoms with Gasteiger partial charge in [-0.3, -0.25) is 0 Å². The lowest BCUT2D eigenvalue weighted by atomic mass is 9.81. The van der Waals surface area contributed by atoms with Crippen molar-refractivity contribution >= 4 is 5.57 Å². The van der Waals surface area contributed by atoms with E-state index in [1.54, 1.807) is 0 Å². The fourth-order valence-electron chi connectivity index (χ4n) is 2.54. The van der Waals surface area contributed by atoms with Gasteiger partial charge in [-0.1, -0.05) is 96.5 Å². The van der Waals surface area contributed by atoms with Crippen LogP contribution in [0.4, 0.5) is 0 Å². The molecule has 0 saturated heterocycles. The van der Waals surface area contributed by atoms with Gasteiger partial charge in [0.05, 0.1) is 0 Å². The minimum absolute atomic E-state index is 0.0674. The second-order valence-corrected chi connectivity index (χ2v) is 5.95. The monoisotopic (exact) mass is 298 g/mol. The van der Waals surface area contributed by atoms with Crippen LogP contribution in [-0.2, 0) is 5.41 Å². The number of benzene rings is 1. The summed E-state index contributed by atoms with van der Waals surface area (Å²) < 4.78 is 0. The number of fused-ring (bicyclic) bond motifs is 1. The maximum atomic E-state index is 4.26. The molecule has 0 heterocycles. The standard InChI is InChI=1S/C17H20.C3H8.C2H6/c1-6-12(2)11-16-13(3)14-9-7-8-10-15(14)17(16,4)5;1-3-2;1-2/h6-11H,3H2,1-2,4-5H3;3H2,1-2H3;1-2H3/b12-6-,16-11+;;. The summed E-state index contributed by atoms with van der Waals surface area (Å²) in [5.74, 6) is 0. The van der Waals surface area contributed by atoms with Crippen molar-refractivity contribution in [3.8, 4) is 0 Å². The summed E-state index contributed by atoms with van der Waals surface area (Å²) >= 11 is 0. The highest BCUT2D eigenvalue weighted by molar-refractivity contribution is 5.88. The van der Waals surface area contributed by atoms with E-state index < -0.39 is 0 Å². The Morgan fingerprint density at radius 2 is 1.64 bits per heavy atom. The van der Waals surface area contributed by atoms with Crippen molar-refractivity contribution in [3.05, 3.63) is 65.3 Å². The molecule has 0 unspecified atom stereocenters. The Balaban J connectivity index is 0.000000789. The molecule has 0 radical (unpaired) electrons. The second-order valence-electron chi connectivity index (χ2n) is 5.95. The molecule has 0 aromatic heterocycles. The Kier molecular flexibility index (Phi) is 8.79. The van der Waals surface area contributed by atoms with Gasteiger partial charge in [0.15, 0.2) is 0 Å². The van der Waals surface area contributed by atoms with Gasteiger partial charge < -0.3 is 0 Å². The van der Waals surface area contributed by atoms with Crippen LogP contribution in [0.1, 0.15) is 72.9 Å². The zero-order valence-corrected chi connectivity index (χ0v) is 15.9. The van der Waals surface area contributed by atoms with Gasteiger partial charge in [0, 0.05) is 5.41 Å². The maximum Gasteiger partial charge on any atom is 0.0158 e. The van der Waals surface area contributed by atoms with Crippen LogP contribution >= 0.6 is 0 Å². The van der Waals surface area contributed by atoms with E-state index in [0.717, 1.165) is 0 Å². The van der Waals surface area contributed by atoms with Gasteiger partial charge in [-0.05, 0) is 36.1 Å². The van der Waals surface area contributed by atoms with Crippen LogP contribution in [0, 0.1) is 0 Å². The first-order valence-electron chi connectivity index (χ1n) is 8.54. The molecule has 0 nitrogen and oxygen atoms in total. The fraction of sp³-hybridized carbons (Fsp3) is 0.455. The Bertz CT molecular complexity index is 539. The molecule has 0 bridgehead atoms. The smallest absolute Gasteiger partial charge is 0.0158 e. The van der Waals surface area contributed by atoms with Crippen molar-refractivity contribution in [3.63, 3.8) is 0 Å². The first-order valence-corrected chi connectivity index (χ1v) is 8.54. The second kappa shape index (κ2) is 9.46. The van der Waals surface area contributed by atoms with E-state index in [9.17, 15) is 0 Å². The van der Waals surface area contributed by atoms with Crippen LogP contribution in [0.25, 0.3) is 5.57 Å². The lowest BCUT2D eigenvalue weighted by Gasteiger charge is -2.22. The first-order chi connectivity index (χ1) is 10.4. The zero-order chi connectivity index (χ0) is 17.3. The van der Waals surface area contributed by atoms with E-state index in [4.69, 9.17) is 0 Å². The highest BCUT2D eigenvalue weighted by Crippen LogP contribution is 2.48. The van der Waals surface area contributed by atoms with E-state index in [0.29, 0.717) is 0 Å². The molecule has 122 valence electrons. The number of hydrogen-bond donors (Lipinski definition) is 0. The van der Waals surface area contributed by atoms with E-state index >= 15 is 0 Å². The van der Waals surface area contributed by atoms with Crippen LogP contribution in [0.15, 0.2) is 54.1 Å². The van der Waals surface area contributed by atoms with Crippen molar-refractivity contribution in [2.45, 2.75) is 67.2 Å². The Morgan fingerprint density at radius 3 is 2.09 bits per heavy atom. The quantitative estimate of drug-likeness (QED) is 0.509. The lowest BCUT2D eigenvalue weighted by molar-refractivity contribution is 0.660. The molecule has 1 aromatic carbocycles. The minimum Gasteiger partial charge on any atom is -0.0908 e. The summed E-state index contributed by atoms with van der Waals surface area (Å²) in [6.07, 6.45) is 5.65. The maximum absolute atomic E-state index is 4.26. The summed E-state index contributed by atoms with van der Waals surface area (Å²) in [5.41, 5.74) is 6.56. The fourth-order valence-corrected chi connectivity index (χ4v) is 2.54. The lowest BCUT2D eigenvalue weighted by Crippen LogP contribution is -2.15. The van der Waals surface area contributed by atoms with Gasteiger partial charge in [-0.25, -0.2) is 0 Å². The van der Waals surface area contributed by atoms with Crippen LogP contribution in [0.2, 0.25) is 0 Å². The molecule has 0 fully saturated rings. The molecule has 1 aliphatic carbocycles. The molecule has 22 heavy (non-hydrogen) atoms. The molecule has 2 rings (SSSR count). The van der Waals surface area contributed by atoms with E-state index in [-0.39, 0.29) is 5.41 Å². The minimum atomic E-state index is 0.0674. The predicted octanol–water partition coefficient (Wildman–Crippen LogP) is 7.33. The average Bonchev–Trinajstić information content (AvgIpc) is 2.71. The third-order valence-corrected chi connectivity index (χ3v) is 3.75. The zero-order valence-electron chi connectivity index (χ0n) is 15.9. The molecule has 0 saturated carbocycles. The molecule has 0 atom stereocenters. The number of allylic oxidation sites excluding steroid dienone is 5. The van der Waals surface area contributed by atoms with Crippen LogP contribution in [0.5, 0.6) is 0 Å². The van der Waals surface area contributed by atoms with Crippen molar-refractivity contribution < 1.29 is 0 Å². The third kappa shape index (κ3) is 4.47. The number of rotatable bonds is 1. The van der Waals surface area contributed by atoms with Crippen molar-refractivity contribution in [1.29, 1.82) is 0 Å². The molecular weight excluding hydrogens is 264 g/mol. The van der Waals surface area contributed by atoms with Crippen LogP contribution in [0.3, 0.4) is 0 Å². The third-order valence-electron chi connectivity index (χ3n) is 3.75. The van der Waals surface area contributed by atoms with Crippen LogP contribution < -0.4 is 0 Å². The summed E-state index contributed by atoms with van der Waals surface area (Å²) in [6.45, 7) is 21.3. The molecular formula is C22H34. The number of hydrogen-bond acceptors (Lipinski definition) is 0. The van der Waals surface area contributed by atoms with Gasteiger partial charge in [-0.2, -0.15) is 0 Å². The molecule has 0 N–H and O–H groups in total. The van der Waals surface area contributed by atoms with Gasteiger partial charge in [-0.15, -0.1) is 0 Å². The molecule has 1 aliphatic rings. The van der Waals surface area contributed by atoms with Gasteiger partial charge >= 0.3 is 0 Å². The molecule has 0 spiro atoms. The highest BCUT2D eigenvalue weighted by atomic mass is 14.4. The molecule has 0 amide bonds. The van der Waals surface area contributed by atoms with Crippen molar-refractivity contribution in [2.24, 2.45) is 0 Å². The largest absolute Gasteiger partial charge is 0.0908 e. The van der Waals surface area contributed by atoms with Gasteiger partial charge in [0.25, 0.3) is 0 Å². The molecule has 0 aliphatic heterocycles.